The predicted molar refractivity (Wildman–Crippen MR) is 137 cm³/mol. The van der Waals surface area contributed by atoms with E-state index in [-0.39, 0.29) is 11.7 Å². The molecule has 0 atom stereocenters. The Bertz CT molecular complexity index is 1090. The van der Waals surface area contributed by atoms with Crippen molar-refractivity contribution in [2.24, 2.45) is 0 Å². The molecular formula is C24H25Cl2N5OS. The molecule has 172 valence electrons. The zero-order valence-electron chi connectivity index (χ0n) is 18.3. The Morgan fingerprint density at radius 2 is 1.70 bits per heavy atom. The Balaban J connectivity index is 1.32. The van der Waals surface area contributed by atoms with Crippen LogP contribution in [0.4, 0.5) is 11.5 Å². The highest BCUT2D eigenvalue weighted by atomic mass is 35.5. The molecule has 1 aliphatic heterocycles. The molecule has 1 aromatic heterocycles. The fourth-order valence-electron chi connectivity index (χ4n) is 3.71. The molecule has 4 rings (SSSR count). The predicted octanol–water partition coefficient (Wildman–Crippen LogP) is 4.86. The highest BCUT2D eigenvalue weighted by molar-refractivity contribution is 7.99. The van der Waals surface area contributed by atoms with Gasteiger partial charge in [0.05, 0.1) is 16.5 Å². The van der Waals surface area contributed by atoms with Crippen molar-refractivity contribution in [1.29, 1.82) is 0 Å². The van der Waals surface area contributed by atoms with Gasteiger partial charge in [0.15, 0.2) is 5.16 Å². The number of amides is 1. The molecule has 0 N–H and O–H groups in total. The molecule has 3 aromatic rings. The molecule has 0 bridgehead atoms. The maximum absolute atomic E-state index is 12.8. The number of anilines is 2. The molecule has 1 saturated heterocycles. The normalized spacial score (nSPS) is 13.8. The van der Waals surface area contributed by atoms with Crippen LogP contribution in [0.2, 0.25) is 10.2 Å². The molecule has 0 aliphatic carbocycles. The SMILES string of the molecule is CN(Cc1ccccc1)c1cc(Cl)nc(SCC(=O)N2CCN(c3ccccc3Cl)CC2)n1. The van der Waals surface area contributed by atoms with Crippen LogP contribution < -0.4 is 9.80 Å². The Morgan fingerprint density at radius 3 is 2.42 bits per heavy atom. The first kappa shape index (κ1) is 23.7. The number of carbonyl (C=O) groups is 1. The second-order valence-electron chi connectivity index (χ2n) is 7.78. The lowest BCUT2D eigenvalue weighted by Crippen LogP contribution is -2.49. The maximum atomic E-state index is 12.8. The van der Waals surface area contributed by atoms with Gasteiger partial charge in [-0.15, -0.1) is 0 Å². The van der Waals surface area contributed by atoms with Crippen LogP contribution in [0.25, 0.3) is 0 Å². The van der Waals surface area contributed by atoms with Gasteiger partial charge >= 0.3 is 0 Å². The van der Waals surface area contributed by atoms with E-state index in [0.717, 1.165) is 29.6 Å². The van der Waals surface area contributed by atoms with Crippen LogP contribution in [-0.2, 0) is 11.3 Å². The van der Waals surface area contributed by atoms with Gasteiger partial charge < -0.3 is 14.7 Å². The van der Waals surface area contributed by atoms with Gasteiger partial charge in [-0.25, -0.2) is 9.97 Å². The zero-order chi connectivity index (χ0) is 23.2. The van der Waals surface area contributed by atoms with Crippen LogP contribution >= 0.6 is 35.0 Å². The molecule has 1 aliphatic rings. The van der Waals surface area contributed by atoms with Gasteiger partial charge in [-0.2, -0.15) is 0 Å². The number of nitrogens with zero attached hydrogens (tertiary/aromatic N) is 5. The lowest BCUT2D eigenvalue weighted by Gasteiger charge is -2.36. The maximum Gasteiger partial charge on any atom is 0.233 e. The summed E-state index contributed by atoms with van der Waals surface area (Å²) in [6.45, 7) is 3.52. The summed E-state index contributed by atoms with van der Waals surface area (Å²) >= 11 is 13.9. The summed E-state index contributed by atoms with van der Waals surface area (Å²) in [4.78, 5) is 27.8. The monoisotopic (exact) mass is 501 g/mol. The summed E-state index contributed by atoms with van der Waals surface area (Å²) in [5, 5.41) is 1.60. The number of aromatic nitrogens is 2. The van der Waals surface area contributed by atoms with Crippen LogP contribution in [0, 0.1) is 0 Å². The van der Waals surface area contributed by atoms with E-state index in [2.05, 4.69) is 27.0 Å². The number of hydrogen-bond donors (Lipinski definition) is 0. The summed E-state index contributed by atoms with van der Waals surface area (Å²) in [5.74, 6) is 1.07. The summed E-state index contributed by atoms with van der Waals surface area (Å²) in [5.41, 5.74) is 2.19. The van der Waals surface area contributed by atoms with Crippen molar-refractivity contribution in [1.82, 2.24) is 14.9 Å². The Kier molecular flexibility index (Phi) is 7.96. The quantitative estimate of drug-likeness (QED) is 0.261. The van der Waals surface area contributed by atoms with Crippen molar-refractivity contribution in [3.05, 3.63) is 76.4 Å². The summed E-state index contributed by atoms with van der Waals surface area (Å²) < 4.78 is 0. The number of hydrogen-bond acceptors (Lipinski definition) is 6. The van der Waals surface area contributed by atoms with Crippen LogP contribution in [0.3, 0.4) is 0 Å². The van der Waals surface area contributed by atoms with Crippen LogP contribution in [-0.4, -0.2) is 59.8 Å². The van der Waals surface area contributed by atoms with Crippen LogP contribution in [0.15, 0.2) is 65.8 Å². The number of para-hydroxylation sites is 1. The first-order valence-corrected chi connectivity index (χ1v) is 12.4. The molecule has 0 unspecified atom stereocenters. The van der Waals surface area contributed by atoms with Gasteiger partial charge in [0.2, 0.25) is 5.91 Å². The van der Waals surface area contributed by atoms with Crippen molar-refractivity contribution >= 4 is 52.4 Å². The molecule has 1 fully saturated rings. The third-order valence-electron chi connectivity index (χ3n) is 5.46. The minimum absolute atomic E-state index is 0.0709. The topological polar surface area (TPSA) is 52.6 Å². The Morgan fingerprint density at radius 1 is 1.00 bits per heavy atom. The average Bonchev–Trinajstić information content (AvgIpc) is 2.83. The Hall–Kier alpha value is -2.48. The number of thioether (sulfide) groups is 1. The first-order chi connectivity index (χ1) is 16.0. The number of piperazine rings is 1. The molecule has 33 heavy (non-hydrogen) atoms. The van der Waals surface area contributed by atoms with E-state index in [1.54, 1.807) is 6.07 Å². The summed E-state index contributed by atoms with van der Waals surface area (Å²) in [6, 6.07) is 19.7. The number of rotatable bonds is 7. The molecule has 1 amide bonds. The van der Waals surface area contributed by atoms with Gasteiger partial charge in [-0.3, -0.25) is 4.79 Å². The third kappa shape index (κ3) is 6.31. The summed E-state index contributed by atoms with van der Waals surface area (Å²) in [7, 11) is 1.96. The molecule has 6 nitrogen and oxygen atoms in total. The number of benzene rings is 2. The number of halogens is 2. The fourth-order valence-corrected chi connectivity index (χ4v) is 4.95. The Labute approximate surface area is 208 Å². The molecule has 0 saturated carbocycles. The van der Waals surface area contributed by atoms with E-state index in [4.69, 9.17) is 23.2 Å². The molecule has 2 aromatic carbocycles. The van der Waals surface area contributed by atoms with Gasteiger partial charge in [-0.1, -0.05) is 77.4 Å². The average molecular weight is 502 g/mol. The van der Waals surface area contributed by atoms with E-state index >= 15 is 0 Å². The van der Waals surface area contributed by atoms with Gasteiger partial charge in [-0.05, 0) is 17.7 Å². The van der Waals surface area contributed by atoms with Gasteiger partial charge in [0, 0.05) is 45.8 Å². The molecular weight excluding hydrogens is 477 g/mol. The lowest BCUT2D eigenvalue weighted by molar-refractivity contribution is -0.128. The zero-order valence-corrected chi connectivity index (χ0v) is 20.7. The standard InChI is InChI=1S/C24H25Cl2N5OS/c1-29(16-18-7-3-2-4-8-18)22-15-21(26)27-24(28-22)33-17-23(32)31-13-11-30(12-14-31)20-10-6-5-9-19(20)25/h2-10,15H,11-14,16-17H2,1H3. The van der Waals surface area contributed by atoms with Crippen molar-refractivity contribution in [3.8, 4) is 0 Å². The van der Waals surface area contributed by atoms with Crippen LogP contribution in [0.1, 0.15) is 5.56 Å². The van der Waals surface area contributed by atoms with E-state index < -0.39 is 0 Å². The second-order valence-corrected chi connectivity index (χ2v) is 9.52. The van der Waals surface area contributed by atoms with Crippen molar-refractivity contribution in [2.75, 3.05) is 48.8 Å². The van der Waals surface area contributed by atoms with Crippen molar-refractivity contribution < 1.29 is 4.79 Å². The first-order valence-electron chi connectivity index (χ1n) is 10.7. The fraction of sp³-hybridized carbons (Fsp3) is 0.292. The third-order valence-corrected chi connectivity index (χ3v) is 6.81. The minimum atomic E-state index is 0.0709. The summed E-state index contributed by atoms with van der Waals surface area (Å²) in [6.07, 6.45) is 0. The number of carbonyl (C=O) groups excluding carboxylic acids is 1. The van der Waals surface area contributed by atoms with Gasteiger partial charge in [0.25, 0.3) is 0 Å². The molecule has 0 spiro atoms. The molecule has 0 radical (unpaired) electrons. The second kappa shape index (κ2) is 11.1. The van der Waals surface area contributed by atoms with E-state index in [9.17, 15) is 4.79 Å². The van der Waals surface area contributed by atoms with E-state index in [1.165, 1.54) is 17.3 Å². The van der Waals surface area contributed by atoms with Gasteiger partial charge in [0.1, 0.15) is 11.0 Å². The van der Waals surface area contributed by atoms with Crippen LogP contribution in [0.5, 0.6) is 0 Å². The highest BCUT2D eigenvalue weighted by Gasteiger charge is 2.22. The minimum Gasteiger partial charge on any atom is -0.367 e. The van der Waals surface area contributed by atoms with Crippen molar-refractivity contribution in [3.63, 3.8) is 0 Å². The molecule has 2 heterocycles. The van der Waals surface area contributed by atoms with E-state index in [0.29, 0.717) is 29.9 Å². The van der Waals surface area contributed by atoms with Crippen molar-refractivity contribution in [2.45, 2.75) is 11.7 Å². The highest BCUT2D eigenvalue weighted by Crippen LogP contribution is 2.27. The lowest BCUT2D eigenvalue weighted by atomic mass is 10.2. The largest absolute Gasteiger partial charge is 0.367 e. The van der Waals surface area contributed by atoms with E-state index in [1.807, 2.05) is 59.3 Å². The molecule has 9 heteroatoms. The smallest absolute Gasteiger partial charge is 0.233 e.